The van der Waals surface area contributed by atoms with Crippen molar-refractivity contribution in [1.82, 2.24) is 9.97 Å². The molecule has 1 N–H and O–H groups in total. The van der Waals surface area contributed by atoms with Gasteiger partial charge in [0.15, 0.2) is 0 Å². The molecule has 0 amide bonds. The summed E-state index contributed by atoms with van der Waals surface area (Å²) in [7, 11) is 0. The first-order valence-corrected chi connectivity index (χ1v) is 4.08. The van der Waals surface area contributed by atoms with Crippen LogP contribution in [0.25, 0.3) is 0 Å². The second kappa shape index (κ2) is 4.26. The molecule has 0 bridgehead atoms. The van der Waals surface area contributed by atoms with Crippen LogP contribution in [0.4, 0.5) is 19.0 Å². The second-order valence-corrected chi connectivity index (χ2v) is 2.78. The minimum absolute atomic E-state index is 0.167. The average Bonchev–Trinajstić information content (AvgIpc) is 2.01. The molecule has 0 saturated heterocycles. The van der Waals surface area contributed by atoms with Crippen LogP contribution in [0.2, 0.25) is 0 Å². The van der Waals surface area contributed by atoms with Crippen molar-refractivity contribution in [3.8, 4) is 0 Å². The van der Waals surface area contributed by atoms with Crippen molar-refractivity contribution in [2.24, 2.45) is 0 Å². The molecule has 6 heteroatoms. The van der Waals surface area contributed by atoms with Gasteiger partial charge in [-0.1, -0.05) is 0 Å². The van der Waals surface area contributed by atoms with Crippen molar-refractivity contribution in [2.75, 3.05) is 11.9 Å². The van der Waals surface area contributed by atoms with Gasteiger partial charge in [0.05, 0.1) is 6.42 Å². The Balaban J connectivity index is 2.39. The molecule has 1 heterocycles. The summed E-state index contributed by atoms with van der Waals surface area (Å²) >= 11 is 0. The monoisotopic (exact) mass is 205 g/mol. The largest absolute Gasteiger partial charge is 0.390 e. The van der Waals surface area contributed by atoms with Gasteiger partial charge in [-0.3, -0.25) is 0 Å². The second-order valence-electron chi connectivity index (χ2n) is 2.78. The zero-order chi connectivity index (χ0) is 10.6. The van der Waals surface area contributed by atoms with Gasteiger partial charge in [-0.15, -0.1) is 0 Å². The highest BCUT2D eigenvalue weighted by Crippen LogP contribution is 2.19. The van der Waals surface area contributed by atoms with Crippen molar-refractivity contribution in [3.05, 3.63) is 18.1 Å². The standard InChI is InChI=1S/C8H10F3N3/c1-6-12-4-2-7(14-6)13-5-3-8(9,10)11/h2,4H,3,5H2,1H3,(H,12,13,14). The molecule has 0 aliphatic rings. The highest BCUT2D eigenvalue weighted by molar-refractivity contribution is 5.32. The third kappa shape index (κ3) is 4.06. The van der Waals surface area contributed by atoms with E-state index in [4.69, 9.17) is 0 Å². The fourth-order valence-electron chi connectivity index (χ4n) is 0.887. The SMILES string of the molecule is Cc1nccc(NCCC(F)(F)F)n1. The van der Waals surface area contributed by atoms with Crippen LogP contribution in [0.1, 0.15) is 12.2 Å². The molecule has 0 aliphatic heterocycles. The summed E-state index contributed by atoms with van der Waals surface area (Å²) < 4.78 is 35.3. The van der Waals surface area contributed by atoms with Gasteiger partial charge in [0, 0.05) is 12.7 Å². The minimum atomic E-state index is -4.13. The molecular formula is C8H10F3N3. The van der Waals surface area contributed by atoms with E-state index in [1.54, 1.807) is 6.92 Å². The summed E-state index contributed by atoms with van der Waals surface area (Å²) in [5.41, 5.74) is 0. The number of rotatable bonds is 3. The van der Waals surface area contributed by atoms with Gasteiger partial charge >= 0.3 is 6.18 Å². The summed E-state index contributed by atoms with van der Waals surface area (Å²) in [5, 5.41) is 2.57. The maximum absolute atomic E-state index is 11.8. The van der Waals surface area contributed by atoms with Crippen molar-refractivity contribution in [1.29, 1.82) is 0 Å². The van der Waals surface area contributed by atoms with Crippen LogP contribution < -0.4 is 5.32 Å². The number of aromatic nitrogens is 2. The normalized spacial score (nSPS) is 11.4. The lowest BCUT2D eigenvalue weighted by molar-refractivity contribution is -0.131. The topological polar surface area (TPSA) is 37.8 Å². The van der Waals surface area contributed by atoms with Crippen LogP contribution in [-0.2, 0) is 0 Å². The maximum Gasteiger partial charge on any atom is 0.390 e. The summed E-state index contributed by atoms with van der Waals surface area (Å²) in [5.74, 6) is 0.948. The Morgan fingerprint density at radius 2 is 2.14 bits per heavy atom. The van der Waals surface area contributed by atoms with E-state index in [0.29, 0.717) is 11.6 Å². The molecule has 14 heavy (non-hydrogen) atoms. The van der Waals surface area contributed by atoms with Crippen molar-refractivity contribution < 1.29 is 13.2 Å². The molecule has 0 fully saturated rings. The number of hydrogen-bond donors (Lipinski definition) is 1. The van der Waals surface area contributed by atoms with Gasteiger partial charge in [0.2, 0.25) is 0 Å². The first-order chi connectivity index (χ1) is 6.47. The van der Waals surface area contributed by atoms with Crippen LogP contribution in [-0.4, -0.2) is 22.7 Å². The fraction of sp³-hybridized carbons (Fsp3) is 0.500. The van der Waals surface area contributed by atoms with Gasteiger partial charge in [0.25, 0.3) is 0 Å². The van der Waals surface area contributed by atoms with Gasteiger partial charge in [-0.2, -0.15) is 13.2 Å². The lowest BCUT2D eigenvalue weighted by Crippen LogP contribution is -2.15. The van der Waals surface area contributed by atoms with Gasteiger partial charge < -0.3 is 5.32 Å². The molecule has 3 nitrogen and oxygen atoms in total. The minimum Gasteiger partial charge on any atom is -0.370 e. The van der Waals surface area contributed by atoms with Gasteiger partial charge in [0.1, 0.15) is 11.6 Å². The highest BCUT2D eigenvalue weighted by Gasteiger charge is 2.26. The number of nitrogens with one attached hydrogen (secondary N) is 1. The highest BCUT2D eigenvalue weighted by atomic mass is 19.4. The molecule has 1 rings (SSSR count). The Hall–Kier alpha value is -1.33. The first-order valence-electron chi connectivity index (χ1n) is 4.08. The van der Waals surface area contributed by atoms with E-state index in [-0.39, 0.29) is 6.54 Å². The van der Waals surface area contributed by atoms with Gasteiger partial charge in [-0.05, 0) is 13.0 Å². The molecule has 0 aromatic carbocycles. The molecular weight excluding hydrogens is 195 g/mol. The quantitative estimate of drug-likeness (QED) is 0.821. The Morgan fingerprint density at radius 1 is 1.43 bits per heavy atom. The molecule has 0 aliphatic carbocycles. The summed E-state index contributed by atoms with van der Waals surface area (Å²) in [4.78, 5) is 7.73. The maximum atomic E-state index is 11.8. The lowest BCUT2D eigenvalue weighted by atomic mass is 10.4. The van der Waals surface area contributed by atoms with Crippen LogP contribution in [0, 0.1) is 6.92 Å². The zero-order valence-electron chi connectivity index (χ0n) is 7.60. The zero-order valence-corrected chi connectivity index (χ0v) is 7.60. The first kappa shape index (κ1) is 10.7. The van der Waals surface area contributed by atoms with Crippen molar-refractivity contribution >= 4 is 5.82 Å². The number of aryl methyl sites for hydroxylation is 1. The van der Waals surface area contributed by atoms with Crippen LogP contribution in [0.3, 0.4) is 0 Å². The summed E-state index contributed by atoms with van der Waals surface area (Å²) in [6.45, 7) is 1.51. The molecule has 0 saturated carbocycles. The average molecular weight is 205 g/mol. The molecule has 1 aromatic rings. The molecule has 1 aromatic heterocycles. The van der Waals surface area contributed by atoms with E-state index in [1.807, 2.05) is 0 Å². The predicted molar refractivity (Wildman–Crippen MR) is 45.9 cm³/mol. The molecule has 0 radical (unpaired) electrons. The molecule has 0 unspecified atom stereocenters. The number of anilines is 1. The van der Waals surface area contributed by atoms with Crippen molar-refractivity contribution in [2.45, 2.75) is 19.5 Å². The third-order valence-electron chi connectivity index (χ3n) is 1.49. The number of hydrogen-bond acceptors (Lipinski definition) is 3. The summed E-state index contributed by atoms with van der Waals surface area (Å²) in [6.07, 6.45) is -3.50. The third-order valence-corrected chi connectivity index (χ3v) is 1.49. The fourth-order valence-corrected chi connectivity index (χ4v) is 0.887. The van der Waals surface area contributed by atoms with E-state index in [2.05, 4.69) is 15.3 Å². The van der Waals surface area contributed by atoms with E-state index >= 15 is 0 Å². The number of alkyl halides is 3. The predicted octanol–water partition coefficient (Wildman–Crippen LogP) is 2.15. The number of nitrogens with zero attached hydrogens (tertiary/aromatic N) is 2. The van der Waals surface area contributed by atoms with Gasteiger partial charge in [-0.25, -0.2) is 9.97 Å². The Kier molecular flexibility index (Phi) is 3.27. The Morgan fingerprint density at radius 3 is 2.71 bits per heavy atom. The smallest absolute Gasteiger partial charge is 0.370 e. The number of halogens is 3. The van der Waals surface area contributed by atoms with E-state index in [0.717, 1.165) is 0 Å². The van der Waals surface area contributed by atoms with Crippen LogP contribution >= 0.6 is 0 Å². The van der Waals surface area contributed by atoms with Crippen LogP contribution in [0.15, 0.2) is 12.3 Å². The van der Waals surface area contributed by atoms with E-state index in [9.17, 15) is 13.2 Å². The van der Waals surface area contributed by atoms with E-state index < -0.39 is 12.6 Å². The van der Waals surface area contributed by atoms with E-state index in [1.165, 1.54) is 12.3 Å². The molecule has 78 valence electrons. The molecule has 0 atom stereocenters. The Bertz CT molecular complexity index is 298. The summed E-state index contributed by atoms with van der Waals surface area (Å²) in [6, 6.07) is 1.53. The molecule has 0 spiro atoms. The van der Waals surface area contributed by atoms with Crippen LogP contribution in [0.5, 0.6) is 0 Å². The lowest BCUT2D eigenvalue weighted by Gasteiger charge is -2.07. The van der Waals surface area contributed by atoms with Crippen molar-refractivity contribution in [3.63, 3.8) is 0 Å². The Labute approximate surface area is 79.4 Å².